The summed E-state index contributed by atoms with van der Waals surface area (Å²) in [4.78, 5) is 0. The second kappa shape index (κ2) is 4.21. The van der Waals surface area contributed by atoms with Crippen LogP contribution in [-0.2, 0) is 4.74 Å². The van der Waals surface area contributed by atoms with Crippen molar-refractivity contribution in [3.63, 3.8) is 0 Å². The maximum Gasteiger partial charge on any atom is 0.116 e. The lowest BCUT2D eigenvalue weighted by molar-refractivity contribution is -0.0568. The minimum absolute atomic E-state index is 0.240. The van der Waals surface area contributed by atoms with Crippen LogP contribution < -0.4 is 0 Å². The first-order chi connectivity index (χ1) is 6.64. The normalized spacial score (nSPS) is 42.1. The van der Waals surface area contributed by atoms with Crippen LogP contribution in [0.3, 0.4) is 0 Å². The Morgan fingerprint density at radius 1 is 1.47 bits per heavy atom. The average Bonchev–Trinajstić information content (AvgIpc) is 2.25. The highest BCUT2D eigenvalue weighted by Gasteiger charge is 2.49. The zero-order valence-corrected chi connectivity index (χ0v) is 11.0. The predicted octanol–water partition coefficient (Wildman–Crippen LogP) is 0.985. The van der Waals surface area contributed by atoms with E-state index >= 15 is 0 Å². The SMILES string of the molecule is C=P(C)(C)CC[C@H]1O[C@@H](C)[C@](C)(O)[C@@H]1O. The van der Waals surface area contributed by atoms with Crippen molar-refractivity contribution in [3.05, 3.63) is 0 Å². The summed E-state index contributed by atoms with van der Waals surface area (Å²) >= 11 is 0. The molecule has 1 fully saturated rings. The van der Waals surface area contributed by atoms with Crippen LogP contribution in [0.4, 0.5) is 0 Å². The van der Waals surface area contributed by atoms with E-state index in [0.29, 0.717) is 0 Å². The summed E-state index contributed by atoms with van der Waals surface area (Å²) in [5.41, 5.74) is -1.12. The molecule has 0 saturated carbocycles. The molecule has 0 aromatic carbocycles. The molecule has 0 aliphatic carbocycles. The Bertz CT molecular complexity index is 269. The Morgan fingerprint density at radius 2 is 2.00 bits per heavy atom. The molecular weight excluding hydrogens is 211 g/mol. The fraction of sp³-hybridized carbons (Fsp3) is 0.909. The lowest BCUT2D eigenvalue weighted by atomic mass is 9.93. The Morgan fingerprint density at radius 3 is 2.33 bits per heavy atom. The molecule has 4 heteroatoms. The van der Waals surface area contributed by atoms with Gasteiger partial charge in [0.05, 0.1) is 12.2 Å². The first-order valence-electron chi connectivity index (χ1n) is 5.38. The standard InChI is InChI=1S/C11H23O3P/c1-8-11(2,13)10(12)9(14-8)6-7-15(3,4)5/h8-10,12-13H,3,6-7H2,1-2,4-5H3/t8-,9+,10+,11-/m0/s1. The molecule has 4 atom stereocenters. The van der Waals surface area contributed by atoms with Crippen molar-refractivity contribution in [3.8, 4) is 0 Å². The molecule has 1 saturated heterocycles. The van der Waals surface area contributed by atoms with Crippen LogP contribution in [0, 0.1) is 0 Å². The Hall–Kier alpha value is 0.180. The van der Waals surface area contributed by atoms with Crippen LogP contribution >= 0.6 is 6.89 Å². The third kappa shape index (κ3) is 3.07. The molecule has 1 heterocycles. The summed E-state index contributed by atoms with van der Waals surface area (Å²) in [7, 11) is 0. The van der Waals surface area contributed by atoms with E-state index < -0.39 is 18.6 Å². The van der Waals surface area contributed by atoms with Gasteiger partial charge >= 0.3 is 0 Å². The third-order valence-corrected chi connectivity index (χ3v) is 4.64. The number of hydrogen-bond donors (Lipinski definition) is 2. The van der Waals surface area contributed by atoms with Gasteiger partial charge < -0.3 is 14.9 Å². The van der Waals surface area contributed by atoms with Crippen LogP contribution in [0.1, 0.15) is 20.3 Å². The third-order valence-electron chi connectivity index (χ3n) is 3.17. The number of aliphatic hydroxyl groups is 2. The van der Waals surface area contributed by atoms with Gasteiger partial charge in [0.1, 0.15) is 11.7 Å². The van der Waals surface area contributed by atoms with Gasteiger partial charge in [0.2, 0.25) is 0 Å². The van der Waals surface area contributed by atoms with E-state index in [2.05, 4.69) is 19.6 Å². The molecule has 15 heavy (non-hydrogen) atoms. The molecular formula is C11H23O3P. The number of rotatable bonds is 3. The summed E-state index contributed by atoms with van der Waals surface area (Å²) in [5, 5.41) is 19.9. The van der Waals surface area contributed by atoms with E-state index in [1.54, 1.807) is 13.8 Å². The summed E-state index contributed by atoms with van der Waals surface area (Å²) in [6.07, 6.45) is 4.57. The number of ether oxygens (including phenoxy) is 1. The minimum Gasteiger partial charge on any atom is -0.387 e. The first-order valence-corrected chi connectivity index (χ1v) is 8.43. The molecule has 3 nitrogen and oxygen atoms in total. The number of aliphatic hydroxyl groups excluding tert-OH is 1. The monoisotopic (exact) mass is 234 g/mol. The van der Waals surface area contributed by atoms with E-state index in [9.17, 15) is 10.2 Å². The molecule has 1 aliphatic rings. The maximum atomic E-state index is 9.95. The fourth-order valence-electron chi connectivity index (χ4n) is 1.79. The molecule has 1 rings (SSSR count). The largest absolute Gasteiger partial charge is 0.387 e. The molecule has 0 spiro atoms. The van der Waals surface area contributed by atoms with Crippen molar-refractivity contribution < 1.29 is 14.9 Å². The summed E-state index contributed by atoms with van der Waals surface area (Å²) < 4.78 is 5.57. The van der Waals surface area contributed by atoms with Gasteiger partial charge in [-0.25, -0.2) is 0 Å². The smallest absolute Gasteiger partial charge is 0.116 e. The Labute approximate surface area is 92.4 Å². The van der Waals surface area contributed by atoms with Gasteiger partial charge in [-0.1, -0.05) is 0 Å². The van der Waals surface area contributed by atoms with Gasteiger partial charge in [-0.2, -0.15) is 0 Å². The molecule has 0 aromatic rings. The van der Waals surface area contributed by atoms with E-state index in [-0.39, 0.29) is 12.2 Å². The van der Waals surface area contributed by atoms with Gasteiger partial charge in [-0.15, -0.1) is 13.2 Å². The van der Waals surface area contributed by atoms with E-state index in [0.717, 1.165) is 12.6 Å². The van der Waals surface area contributed by atoms with Crippen LogP contribution in [0.25, 0.3) is 0 Å². The van der Waals surface area contributed by atoms with Crippen molar-refractivity contribution in [1.29, 1.82) is 0 Å². The molecule has 2 N–H and O–H groups in total. The molecule has 90 valence electrons. The summed E-state index contributed by atoms with van der Waals surface area (Å²) in [6.45, 7) is 6.68. The van der Waals surface area contributed by atoms with Gasteiger partial charge in [-0.3, -0.25) is 0 Å². The van der Waals surface area contributed by atoms with Gasteiger partial charge in [0.15, 0.2) is 0 Å². The quantitative estimate of drug-likeness (QED) is 0.716. The van der Waals surface area contributed by atoms with Crippen LogP contribution in [-0.4, -0.2) is 59.9 Å². The van der Waals surface area contributed by atoms with E-state index in [4.69, 9.17) is 4.74 Å². The Balaban J connectivity index is 2.57. The maximum absolute atomic E-state index is 9.95. The van der Waals surface area contributed by atoms with Gasteiger partial charge in [0, 0.05) is 0 Å². The van der Waals surface area contributed by atoms with Crippen molar-refractivity contribution >= 4 is 13.2 Å². The van der Waals surface area contributed by atoms with E-state index in [1.807, 2.05) is 0 Å². The second-order valence-corrected chi connectivity index (χ2v) is 9.75. The second-order valence-electron chi connectivity index (χ2n) is 5.44. The van der Waals surface area contributed by atoms with E-state index in [1.165, 1.54) is 0 Å². The zero-order valence-electron chi connectivity index (χ0n) is 10.1. The topological polar surface area (TPSA) is 49.7 Å². The first kappa shape index (κ1) is 13.2. The summed E-state index contributed by atoms with van der Waals surface area (Å²) in [5.74, 6) is 0. The molecule has 0 unspecified atom stereocenters. The summed E-state index contributed by atoms with van der Waals surface area (Å²) in [6, 6.07) is 0. The highest BCUT2D eigenvalue weighted by Crippen LogP contribution is 2.39. The molecule has 0 amide bonds. The van der Waals surface area contributed by atoms with Crippen molar-refractivity contribution in [2.75, 3.05) is 19.5 Å². The fourth-order valence-corrected chi connectivity index (χ4v) is 2.75. The average molecular weight is 234 g/mol. The highest BCUT2D eigenvalue weighted by atomic mass is 31.2. The molecule has 0 bridgehead atoms. The molecule has 1 aliphatic heterocycles. The zero-order chi connectivity index (χ0) is 11.9. The van der Waals surface area contributed by atoms with Crippen molar-refractivity contribution in [2.45, 2.75) is 44.2 Å². The van der Waals surface area contributed by atoms with Crippen LogP contribution in [0.15, 0.2) is 0 Å². The predicted molar refractivity (Wildman–Crippen MR) is 66.3 cm³/mol. The van der Waals surface area contributed by atoms with Gasteiger partial charge in [0.25, 0.3) is 0 Å². The number of hydrogen-bond acceptors (Lipinski definition) is 3. The van der Waals surface area contributed by atoms with Gasteiger partial charge in [-0.05, 0) is 39.8 Å². The van der Waals surface area contributed by atoms with Crippen molar-refractivity contribution in [1.82, 2.24) is 0 Å². The lowest BCUT2D eigenvalue weighted by Gasteiger charge is -2.24. The van der Waals surface area contributed by atoms with Crippen molar-refractivity contribution in [2.24, 2.45) is 0 Å². The lowest BCUT2D eigenvalue weighted by Crippen LogP contribution is -2.44. The Kier molecular flexibility index (Phi) is 3.72. The van der Waals surface area contributed by atoms with Crippen LogP contribution in [0.2, 0.25) is 0 Å². The minimum atomic E-state index is -1.12. The molecule has 0 radical (unpaired) electrons. The molecule has 0 aromatic heterocycles. The highest BCUT2D eigenvalue weighted by molar-refractivity contribution is 7.72. The van der Waals surface area contributed by atoms with Crippen LogP contribution in [0.5, 0.6) is 0 Å².